The molecule has 0 radical (unpaired) electrons. The number of halogens is 2. The molecule has 1 heterocycles. The average Bonchev–Trinajstić information content (AvgIpc) is 2.52. The minimum atomic E-state index is -0.742. The van der Waals surface area contributed by atoms with Crippen molar-refractivity contribution >= 4 is 35.0 Å². The number of allylic oxidation sites excluding steroid dienone is 2. The number of hydrogen-bond acceptors (Lipinski definition) is 6. The molecule has 0 spiro atoms. The molecule has 1 unspecified atom stereocenters. The van der Waals surface area contributed by atoms with Crippen molar-refractivity contribution in [3.8, 4) is 12.1 Å². The first kappa shape index (κ1) is 17.5. The molecule has 0 aliphatic carbocycles. The Kier molecular flexibility index (Phi) is 5.81. The first-order valence-corrected chi connectivity index (χ1v) is 8.27. The van der Waals surface area contributed by atoms with E-state index >= 15 is 0 Å². The molecule has 118 valence electrons. The number of nitrogens with two attached hydrogens (primary N) is 1. The van der Waals surface area contributed by atoms with E-state index in [4.69, 9.17) is 34.0 Å². The zero-order valence-corrected chi connectivity index (χ0v) is 14.1. The summed E-state index contributed by atoms with van der Waals surface area (Å²) in [7, 11) is 0. The summed E-state index contributed by atoms with van der Waals surface area (Å²) >= 11 is 13.7. The number of thioether (sulfide) groups is 1. The second-order valence-corrected chi connectivity index (χ2v) is 6.48. The summed E-state index contributed by atoms with van der Waals surface area (Å²) in [5.41, 5.74) is 6.89. The van der Waals surface area contributed by atoms with Gasteiger partial charge in [0, 0.05) is 21.4 Å². The Labute approximate surface area is 148 Å². The number of hydrogen-bond donors (Lipinski definition) is 3. The monoisotopic (exact) mass is 366 g/mol. The third kappa shape index (κ3) is 3.41. The van der Waals surface area contributed by atoms with Gasteiger partial charge in [0.05, 0.1) is 40.8 Å². The van der Waals surface area contributed by atoms with Gasteiger partial charge >= 0.3 is 0 Å². The third-order valence-corrected chi connectivity index (χ3v) is 4.88. The zero-order valence-electron chi connectivity index (χ0n) is 11.8. The molecule has 1 aromatic rings. The Morgan fingerprint density at radius 3 is 2.35 bits per heavy atom. The average molecular weight is 367 g/mol. The van der Waals surface area contributed by atoms with E-state index in [2.05, 4.69) is 11.4 Å². The normalized spacial score (nSPS) is 17.5. The highest BCUT2D eigenvalue weighted by molar-refractivity contribution is 8.03. The number of nitrogens with zero attached hydrogens (tertiary/aromatic N) is 2. The minimum absolute atomic E-state index is 0.0548. The molecule has 1 atom stereocenters. The molecular weight excluding hydrogens is 355 g/mol. The minimum Gasteiger partial charge on any atom is -0.396 e. The molecular formula is C15H12Cl2N4OS. The lowest BCUT2D eigenvalue weighted by Crippen LogP contribution is -2.29. The van der Waals surface area contributed by atoms with E-state index in [0.717, 1.165) is 0 Å². The number of dihydropyridines is 1. The van der Waals surface area contributed by atoms with Crippen molar-refractivity contribution < 1.29 is 5.11 Å². The van der Waals surface area contributed by atoms with E-state index in [1.165, 1.54) is 11.8 Å². The fourth-order valence-corrected chi connectivity index (χ4v) is 3.68. The fraction of sp³-hybridized carbons (Fsp3) is 0.200. The SMILES string of the molecule is N#CC1=C(N)NC(SCCO)=C(C#N)C1c1c(Cl)cccc1Cl. The van der Waals surface area contributed by atoms with Crippen molar-refractivity contribution in [2.75, 3.05) is 12.4 Å². The van der Waals surface area contributed by atoms with Crippen LogP contribution in [0.1, 0.15) is 11.5 Å². The molecule has 0 saturated carbocycles. The quantitative estimate of drug-likeness (QED) is 0.756. The van der Waals surface area contributed by atoms with E-state index in [9.17, 15) is 10.5 Å². The summed E-state index contributed by atoms with van der Waals surface area (Å²) in [4.78, 5) is 0. The molecule has 0 amide bonds. The van der Waals surface area contributed by atoms with Crippen LogP contribution in [0.15, 0.2) is 40.2 Å². The largest absolute Gasteiger partial charge is 0.396 e. The van der Waals surface area contributed by atoms with Gasteiger partial charge < -0.3 is 16.2 Å². The molecule has 1 aliphatic rings. The molecule has 4 N–H and O–H groups in total. The molecule has 0 bridgehead atoms. The Morgan fingerprint density at radius 2 is 1.83 bits per heavy atom. The molecule has 0 aromatic heterocycles. The van der Waals surface area contributed by atoms with Crippen LogP contribution in [0.4, 0.5) is 0 Å². The van der Waals surface area contributed by atoms with E-state index in [1.54, 1.807) is 18.2 Å². The van der Waals surface area contributed by atoms with Crippen LogP contribution in [0.3, 0.4) is 0 Å². The first-order valence-electron chi connectivity index (χ1n) is 6.53. The number of nitrogens with one attached hydrogen (secondary N) is 1. The molecule has 8 heteroatoms. The number of aliphatic hydroxyl groups is 1. The summed E-state index contributed by atoms with van der Waals surface area (Å²) in [5.74, 6) is -0.215. The number of aliphatic hydroxyl groups excluding tert-OH is 1. The van der Waals surface area contributed by atoms with Crippen LogP contribution in [-0.2, 0) is 0 Å². The standard InChI is InChI=1S/C15H12Cl2N4OS/c16-10-2-1-3-11(17)13(10)12-8(6-18)14(20)21-15(9(12)7-19)23-5-4-22/h1-3,12,21-22H,4-5,20H2. The maximum absolute atomic E-state index is 9.59. The molecule has 2 rings (SSSR count). The summed E-state index contributed by atoms with van der Waals surface area (Å²) in [6, 6.07) is 9.11. The zero-order chi connectivity index (χ0) is 17.0. The van der Waals surface area contributed by atoms with Gasteiger partial charge in [-0.2, -0.15) is 10.5 Å². The van der Waals surface area contributed by atoms with E-state index in [1.807, 2.05) is 6.07 Å². The van der Waals surface area contributed by atoms with Gasteiger partial charge in [0.1, 0.15) is 5.82 Å². The van der Waals surface area contributed by atoms with Crippen LogP contribution in [-0.4, -0.2) is 17.5 Å². The molecule has 0 fully saturated rings. The number of nitriles is 2. The van der Waals surface area contributed by atoms with E-state index in [0.29, 0.717) is 32.0 Å². The van der Waals surface area contributed by atoms with Crippen molar-refractivity contribution in [2.45, 2.75) is 5.92 Å². The van der Waals surface area contributed by atoms with Gasteiger partial charge in [0.15, 0.2) is 0 Å². The smallest absolute Gasteiger partial charge is 0.116 e. The van der Waals surface area contributed by atoms with Gasteiger partial charge in [0.25, 0.3) is 0 Å². The molecule has 0 saturated heterocycles. The number of benzene rings is 1. The van der Waals surface area contributed by atoms with Crippen LogP contribution < -0.4 is 11.1 Å². The topological polar surface area (TPSA) is 106 Å². The summed E-state index contributed by atoms with van der Waals surface area (Å²) in [5, 5.41) is 32.1. The fourth-order valence-electron chi connectivity index (χ4n) is 2.26. The summed E-state index contributed by atoms with van der Waals surface area (Å²) in [6.07, 6.45) is 0. The summed E-state index contributed by atoms with van der Waals surface area (Å²) < 4.78 is 0. The van der Waals surface area contributed by atoms with Gasteiger partial charge in [-0.1, -0.05) is 29.3 Å². The molecule has 5 nitrogen and oxygen atoms in total. The second-order valence-electron chi connectivity index (χ2n) is 4.56. The number of rotatable bonds is 4. The van der Waals surface area contributed by atoms with Crippen molar-refractivity contribution in [1.29, 1.82) is 10.5 Å². The van der Waals surface area contributed by atoms with Gasteiger partial charge in [-0.15, -0.1) is 11.8 Å². The van der Waals surface area contributed by atoms with Crippen LogP contribution in [0.5, 0.6) is 0 Å². The second kappa shape index (κ2) is 7.63. The highest BCUT2D eigenvalue weighted by atomic mass is 35.5. The van der Waals surface area contributed by atoms with Gasteiger partial charge in [-0.25, -0.2) is 0 Å². The predicted octanol–water partition coefficient (Wildman–Crippen LogP) is 2.83. The van der Waals surface area contributed by atoms with Crippen molar-refractivity contribution in [3.05, 3.63) is 55.8 Å². The molecule has 23 heavy (non-hydrogen) atoms. The Hall–Kier alpha value is -1.83. The van der Waals surface area contributed by atoms with Crippen LogP contribution in [0.2, 0.25) is 10.0 Å². The third-order valence-electron chi connectivity index (χ3n) is 3.23. The van der Waals surface area contributed by atoms with Crippen molar-refractivity contribution in [2.24, 2.45) is 5.73 Å². The highest BCUT2D eigenvalue weighted by Crippen LogP contribution is 2.44. The Morgan fingerprint density at radius 1 is 1.22 bits per heavy atom. The maximum atomic E-state index is 9.59. The van der Waals surface area contributed by atoms with Crippen molar-refractivity contribution in [1.82, 2.24) is 5.32 Å². The van der Waals surface area contributed by atoms with Crippen LogP contribution in [0.25, 0.3) is 0 Å². The van der Waals surface area contributed by atoms with E-state index in [-0.39, 0.29) is 18.0 Å². The molecule has 1 aliphatic heterocycles. The van der Waals surface area contributed by atoms with Gasteiger partial charge in [0.2, 0.25) is 0 Å². The van der Waals surface area contributed by atoms with Crippen LogP contribution in [0, 0.1) is 22.7 Å². The highest BCUT2D eigenvalue weighted by Gasteiger charge is 2.34. The Bertz CT molecular complexity index is 756. The lowest BCUT2D eigenvalue weighted by atomic mass is 9.84. The summed E-state index contributed by atoms with van der Waals surface area (Å²) in [6.45, 7) is -0.0548. The van der Waals surface area contributed by atoms with E-state index < -0.39 is 5.92 Å². The van der Waals surface area contributed by atoms with Crippen LogP contribution >= 0.6 is 35.0 Å². The maximum Gasteiger partial charge on any atom is 0.116 e. The lowest BCUT2D eigenvalue weighted by Gasteiger charge is -2.27. The van der Waals surface area contributed by atoms with Gasteiger partial charge in [-0.05, 0) is 12.1 Å². The lowest BCUT2D eigenvalue weighted by molar-refractivity contribution is 0.322. The van der Waals surface area contributed by atoms with Crippen molar-refractivity contribution in [3.63, 3.8) is 0 Å². The van der Waals surface area contributed by atoms with Gasteiger partial charge in [-0.3, -0.25) is 0 Å². The Balaban J connectivity index is 2.68. The molecule has 1 aromatic carbocycles. The first-order chi connectivity index (χ1) is 11.0. The predicted molar refractivity (Wildman–Crippen MR) is 91.3 cm³/mol.